The van der Waals surface area contributed by atoms with Gasteiger partial charge in [0, 0.05) is 0 Å². The van der Waals surface area contributed by atoms with Crippen molar-refractivity contribution >= 4 is 7.60 Å². The van der Waals surface area contributed by atoms with Crippen molar-refractivity contribution in [1.82, 2.24) is 0 Å². The first kappa shape index (κ1) is 53.2. The number of unbranched alkanes of at least 4 members (excludes halogenated alkanes) is 30. The summed E-state index contributed by atoms with van der Waals surface area (Å²) in [6, 6.07) is 3.72. The fourth-order valence-electron chi connectivity index (χ4n) is 8.20. The van der Waals surface area contributed by atoms with Crippen LogP contribution in [0.2, 0.25) is 0 Å². The molecule has 0 spiro atoms. The zero-order valence-corrected chi connectivity index (χ0v) is 39.9. The Kier molecular flexibility index (Phi) is 31.3. The van der Waals surface area contributed by atoms with Crippen LogP contribution in [0.3, 0.4) is 0 Å². The van der Waals surface area contributed by atoms with E-state index in [4.69, 9.17) is 9.05 Å². The van der Waals surface area contributed by atoms with Crippen LogP contribution in [0.15, 0.2) is 12.1 Å². The summed E-state index contributed by atoms with van der Waals surface area (Å²) < 4.78 is 27.3. The van der Waals surface area contributed by atoms with Gasteiger partial charge in [-0.2, -0.15) is 0 Å². The Morgan fingerprint density at radius 2 is 0.661 bits per heavy atom. The smallest absolute Gasteiger partial charge is 0.335 e. The van der Waals surface area contributed by atoms with E-state index in [1.54, 1.807) is 0 Å². The van der Waals surface area contributed by atoms with Crippen molar-refractivity contribution in [3.63, 3.8) is 0 Å². The average Bonchev–Trinajstić information content (AvgIpc) is 3.14. The van der Waals surface area contributed by atoms with Crippen LogP contribution in [0.25, 0.3) is 0 Å². The number of rotatable bonds is 38. The van der Waals surface area contributed by atoms with Gasteiger partial charge in [0.05, 0.1) is 19.4 Å². The van der Waals surface area contributed by atoms with Gasteiger partial charge in [-0.25, -0.2) is 0 Å². The molecule has 0 fully saturated rings. The monoisotopic (exact) mass is 805 g/mol. The maximum atomic E-state index is 14.6. The molecule has 0 bridgehead atoms. The fourth-order valence-corrected chi connectivity index (χ4v) is 9.99. The van der Waals surface area contributed by atoms with Gasteiger partial charge in [0.1, 0.15) is 5.75 Å². The lowest BCUT2D eigenvalue weighted by molar-refractivity contribution is 0.196. The Hall–Kier alpha value is -0.830. The Bertz CT molecular complexity index is 1020. The molecular formula is C51H97O4P. The summed E-state index contributed by atoms with van der Waals surface area (Å²) in [4.78, 5) is 0. The molecule has 0 radical (unpaired) electrons. The van der Waals surface area contributed by atoms with Crippen LogP contribution in [0.5, 0.6) is 5.75 Å². The molecule has 1 rings (SSSR count). The second-order valence-corrected chi connectivity index (χ2v) is 21.6. The standard InChI is InChI=1S/C51H97O4P/c1-9-11-13-15-17-19-21-23-25-27-29-31-33-35-37-39-41-54-56(53,45-47-48(50(3,4)5)43-46(52)44-49(47)51(6,7)8)55-42-40-38-36-34-32-30-28-26-24-22-20-18-16-14-12-10-2/h43-44,52H,9-42,45H2,1-8H3. The number of hydrogen-bond acceptors (Lipinski definition) is 4. The zero-order valence-electron chi connectivity index (χ0n) is 39.0. The highest BCUT2D eigenvalue weighted by Crippen LogP contribution is 2.54. The molecule has 0 saturated heterocycles. The average molecular weight is 805 g/mol. The van der Waals surface area contributed by atoms with Crippen molar-refractivity contribution in [2.24, 2.45) is 0 Å². The van der Waals surface area contributed by atoms with Crippen LogP contribution in [0.1, 0.15) is 278 Å². The molecule has 0 aliphatic rings. The van der Waals surface area contributed by atoms with Gasteiger partial charge in [0.25, 0.3) is 0 Å². The second kappa shape index (κ2) is 33.0. The minimum absolute atomic E-state index is 0.222. The largest absolute Gasteiger partial charge is 0.508 e. The maximum absolute atomic E-state index is 14.6. The molecular weight excluding hydrogens is 708 g/mol. The fraction of sp³-hybridized carbons (Fsp3) is 0.882. The second-order valence-electron chi connectivity index (χ2n) is 19.6. The third-order valence-corrected chi connectivity index (χ3v) is 13.6. The molecule has 1 N–H and O–H groups in total. The third-order valence-electron chi connectivity index (χ3n) is 11.8. The van der Waals surface area contributed by atoms with Crippen molar-refractivity contribution in [1.29, 1.82) is 0 Å². The lowest BCUT2D eigenvalue weighted by Crippen LogP contribution is -2.21. The molecule has 0 heterocycles. The Balaban J connectivity index is 2.52. The first-order valence-corrected chi connectivity index (χ1v) is 26.3. The summed E-state index contributed by atoms with van der Waals surface area (Å²) in [5.74, 6) is 0.265. The van der Waals surface area contributed by atoms with E-state index in [0.717, 1.165) is 42.4 Å². The van der Waals surface area contributed by atoms with Gasteiger partial charge in [0.2, 0.25) is 0 Å². The Morgan fingerprint density at radius 1 is 0.429 bits per heavy atom. The summed E-state index contributed by atoms with van der Waals surface area (Å²) in [5, 5.41) is 10.7. The summed E-state index contributed by atoms with van der Waals surface area (Å²) >= 11 is 0. The molecule has 0 aromatic heterocycles. The number of phenols is 1. The number of aromatic hydroxyl groups is 1. The molecule has 4 nitrogen and oxygen atoms in total. The Morgan fingerprint density at radius 3 is 0.893 bits per heavy atom. The van der Waals surface area contributed by atoms with E-state index >= 15 is 0 Å². The van der Waals surface area contributed by atoms with E-state index in [9.17, 15) is 9.67 Å². The van der Waals surface area contributed by atoms with Crippen LogP contribution in [-0.2, 0) is 30.6 Å². The highest BCUT2D eigenvalue weighted by atomic mass is 31.2. The van der Waals surface area contributed by atoms with Crippen LogP contribution >= 0.6 is 7.60 Å². The van der Waals surface area contributed by atoms with Crippen LogP contribution in [-0.4, -0.2) is 18.3 Å². The van der Waals surface area contributed by atoms with Gasteiger partial charge in [0.15, 0.2) is 0 Å². The molecule has 0 saturated carbocycles. The maximum Gasteiger partial charge on any atom is 0.335 e. The molecule has 0 aliphatic heterocycles. The molecule has 330 valence electrons. The van der Waals surface area contributed by atoms with Crippen LogP contribution in [0.4, 0.5) is 0 Å². The van der Waals surface area contributed by atoms with Gasteiger partial charge in [-0.15, -0.1) is 0 Å². The number of benzene rings is 1. The van der Waals surface area contributed by atoms with Crippen LogP contribution in [0, 0.1) is 0 Å². The van der Waals surface area contributed by atoms with Gasteiger partial charge in [-0.3, -0.25) is 4.57 Å². The summed E-state index contributed by atoms with van der Waals surface area (Å²) in [6.45, 7) is 18.5. The lowest BCUT2D eigenvalue weighted by Gasteiger charge is -2.32. The van der Waals surface area contributed by atoms with E-state index in [-0.39, 0.29) is 22.7 Å². The molecule has 0 aliphatic carbocycles. The Labute approximate surface area is 350 Å². The zero-order chi connectivity index (χ0) is 41.4. The van der Waals surface area contributed by atoms with Crippen molar-refractivity contribution in [3.05, 3.63) is 28.8 Å². The molecule has 0 amide bonds. The van der Waals surface area contributed by atoms with Crippen LogP contribution < -0.4 is 0 Å². The quantitative estimate of drug-likeness (QED) is 0.0534. The molecule has 0 atom stereocenters. The van der Waals surface area contributed by atoms with Gasteiger partial charge >= 0.3 is 7.60 Å². The van der Waals surface area contributed by atoms with E-state index in [1.165, 1.54) is 180 Å². The molecule has 5 heteroatoms. The summed E-state index contributed by atoms with van der Waals surface area (Å²) in [5.41, 5.74) is 2.63. The SMILES string of the molecule is CCCCCCCCCCCCCCCCCCOP(=O)(Cc1c(C(C)(C)C)cc(O)cc1C(C)(C)C)OCCCCCCCCCCCCCCCCCC. The first-order chi connectivity index (χ1) is 26.8. The van der Waals surface area contributed by atoms with Crippen molar-refractivity contribution in [3.8, 4) is 5.75 Å². The number of hydrogen-bond donors (Lipinski definition) is 1. The molecule has 0 unspecified atom stereocenters. The summed E-state index contributed by atoms with van der Waals surface area (Å²) in [6.07, 6.45) is 42.7. The minimum Gasteiger partial charge on any atom is -0.508 e. The minimum atomic E-state index is -3.41. The number of phenolic OH excluding ortho intramolecular Hbond substituents is 1. The van der Waals surface area contributed by atoms with E-state index < -0.39 is 7.60 Å². The van der Waals surface area contributed by atoms with Gasteiger partial charge < -0.3 is 14.2 Å². The highest BCUT2D eigenvalue weighted by Gasteiger charge is 2.33. The third kappa shape index (κ3) is 27.8. The van der Waals surface area contributed by atoms with Gasteiger partial charge in [-0.05, 0) is 52.5 Å². The van der Waals surface area contributed by atoms with Crippen molar-refractivity contribution in [2.45, 2.75) is 278 Å². The van der Waals surface area contributed by atoms with E-state index in [2.05, 4.69) is 55.4 Å². The first-order valence-electron chi connectivity index (χ1n) is 24.6. The summed E-state index contributed by atoms with van der Waals surface area (Å²) in [7, 11) is -3.41. The predicted octanol–water partition coefficient (Wildman–Crippen LogP) is 18.2. The highest BCUT2D eigenvalue weighted by molar-refractivity contribution is 7.53. The topological polar surface area (TPSA) is 55.8 Å². The lowest BCUT2D eigenvalue weighted by atomic mass is 9.76. The van der Waals surface area contributed by atoms with Gasteiger partial charge in [-0.1, -0.05) is 248 Å². The van der Waals surface area contributed by atoms with Crippen molar-refractivity contribution in [2.75, 3.05) is 13.2 Å². The molecule has 1 aromatic rings. The van der Waals surface area contributed by atoms with Crippen molar-refractivity contribution < 1.29 is 18.7 Å². The predicted molar refractivity (Wildman–Crippen MR) is 248 cm³/mol. The van der Waals surface area contributed by atoms with E-state index in [1.807, 2.05) is 12.1 Å². The molecule has 56 heavy (non-hydrogen) atoms. The van der Waals surface area contributed by atoms with E-state index in [0.29, 0.717) is 13.2 Å². The normalized spacial score (nSPS) is 12.6. The molecule has 1 aromatic carbocycles.